The number of aromatic nitrogens is 2. The molecule has 0 saturated heterocycles. The summed E-state index contributed by atoms with van der Waals surface area (Å²) in [5.41, 5.74) is 3.94. The van der Waals surface area contributed by atoms with Gasteiger partial charge in [-0.2, -0.15) is 0 Å². The molecule has 7 nitrogen and oxygen atoms in total. The molecule has 0 unspecified atom stereocenters. The van der Waals surface area contributed by atoms with E-state index in [1.807, 2.05) is 12.1 Å². The molecule has 0 N–H and O–H groups in total. The van der Waals surface area contributed by atoms with Gasteiger partial charge in [0.1, 0.15) is 18.3 Å². The Bertz CT molecular complexity index is 1280. The number of amides is 1. The number of hydrogen-bond acceptors (Lipinski definition) is 6. The second-order valence-electron chi connectivity index (χ2n) is 9.01. The molecule has 0 radical (unpaired) electrons. The van der Waals surface area contributed by atoms with Crippen molar-refractivity contribution in [3.05, 3.63) is 84.3 Å². The molecule has 1 fully saturated rings. The third-order valence-corrected chi connectivity index (χ3v) is 6.77. The number of benzene rings is 2. The van der Waals surface area contributed by atoms with Crippen LogP contribution in [0.1, 0.15) is 28.8 Å². The molecule has 2 aliphatic heterocycles. The molecule has 172 valence electrons. The number of likely N-dealkylation sites (N-methyl/N-ethyl adjacent to an activating group) is 1. The largest absolute Gasteiger partial charge is 0.457 e. The number of nitrogens with zero attached hydrogens (tertiary/aromatic N) is 4. The van der Waals surface area contributed by atoms with E-state index in [-0.39, 0.29) is 17.1 Å². The summed E-state index contributed by atoms with van der Waals surface area (Å²) >= 11 is 0. The quantitative estimate of drug-likeness (QED) is 0.565. The zero-order chi connectivity index (χ0) is 23.3. The highest BCUT2D eigenvalue weighted by Crippen LogP contribution is 2.57. The Morgan fingerprint density at radius 3 is 2.59 bits per heavy atom. The first-order valence-corrected chi connectivity index (χ1v) is 11.2. The van der Waals surface area contributed by atoms with Crippen LogP contribution in [0.2, 0.25) is 0 Å². The molecule has 1 saturated carbocycles. The summed E-state index contributed by atoms with van der Waals surface area (Å²) in [6, 6.07) is 12.4. The number of halogens is 1. The lowest BCUT2D eigenvalue weighted by Crippen LogP contribution is -2.34. The Balaban J connectivity index is 1.28. The maximum atomic E-state index is 14.2. The normalized spacial score (nSPS) is 17.4. The van der Waals surface area contributed by atoms with E-state index in [0.29, 0.717) is 29.2 Å². The van der Waals surface area contributed by atoms with Crippen LogP contribution in [0, 0.1) is 5.82 Å². The summed E-state index contributed by atoms with van der Waals surface area (Å²) in [5, 5.41) is 0. The molecule has 3 aromatic rings. The Hall–Kier alpha value is -3.94. The van der Waals surface area contributed by atoms with E-state index in [1.165, 1.54) is 24.2 Å². The van der Waals surface area contributed by atoms with E-state index in [4.69, 9.17) is 9.47 Å². The van der Waals surface area contributed by atoms with E-state index < -0.39 is 6.29 Å². The molecule has 6 rings (SSSR count). The van der Waals surface area contributed by atoms with Crippen LogP contribution in [-0.4, -0.2) is 47.2 Å². The third kappa shape index (κ3) is 3.46. The zero-order valence-electron chi connectivity index (χ0n) is 18.6. The van der Waals surface area contributed by atoms with Gasteiger partial charge in [-0.15, -0.1) is 0 Å². The first-order chi connectivity index (χ1) is 16.5. The maximum absolute atomic E-state index is 14.2. The fraction of sp³-hybridized carbons (Fsp3) is 0.269. The SMILES string of the molecule is CN(CC1OC=CO1)C(=O)c1ccc2c(c1)N(c1ncc(-c3ccccc3F)cn1)CC21CC1. The van der Waals surface area contributed by atoms with Gasteiger partial charge in [0.05, 0.1) is 6.54 Å². The average molecular weight is 458 g/mol. The van der Waals surface area contributed by atoms with E-state index in [2.05, 4.69) is 20.9 Å². The Kier molecular flexibility index (Phi) is 4.76. The predicted octanol–water partition coefficient (Wildman–Crippen LogP) is 4.38. The summed E-state index contributed by atoms with van der Waals surface area (Å²) in [6.45, 7) is 1.08. The van der Waals surface area contributed by atoms with Crippen LogP contribution in [-0.2, 0) is 14.9 Å². The molecule has 1 amide bonds. The van der Waals surface area contributed by atoms with Crippen molar-refractivity contribution in [3.63, 3.8) is 0 Å². The van der Waals surface area contributed by atoms with Crippen molar-refractivity contribution in [2.45, 2.75) is 24.5 Å². The summed E-state index contributed by atoms with van der Waals surface area (Å²) in [5.74, 6) is 0.120. The first kappa shape index (κ1) is 20.7. The molecule has 0 bridgehead atoms. The minimum Gasteiger partial charge on any atom is -0.457 e. The molecule has 3 heterocycles. The summed E-state index contributed by atoms with van der Waals surface area (Å²) in [7, 11) is 1.73. The van der Waals surface area contributed by atoms with Crippen molar-refractivity contribution in [1.82, 2.24) is 14.9 Å². The third-order valence-electron chi connectivity index (χ3n) is 6.77. The molecular weight excluding hydrogens is 435 g/mol. The van der Waals surface area contributed by atoms with Crippen LogP contribution >= 0.6 is 0 Å². The molecule has 1 aliphatic carbocycles. The monoisotopic (exact) mass is 458 g/mol. The van der Waals surface area contributed by atoms with Gasteiger partial charge in [0.2, 0.25) is 5.95 Å². The second kappa shape index (κ2) is 7.83. The van der Waals surface area contributed by atoms with Gasteiger partial charge in [-0.05, 0) is 36.6 Å². The number of carbonyl (C=O) groups excluding carboxylic acids is 1. The van der Waals surface area contributed by atoms with Crippen LogP contribution in [0.4, 0.5) is 16.0 Å². The standard InChI is InChI=1S/C26H23FN4O3/c1-30(15-23-33-10-11-34-23)24(32)17-6-7-20-22(12-17)31(16-26(20)8-9-26)25-28-13-18(14-29-25)19-4-2-3-5-21(19)27/h2-7,10-14,23H,8-9,15-16H2,1H3. The summed E-state index contributed by atoms with van der Waals surface area (Å²) < 4.78 is 24.8. The number of carbonyl (C=O) groups is 1. The van der Waals surface area contributed by atoms with Crippen molar-refractivity contribution in [1.29, 1.82) is 0 Å². The van der Waals surface area contributed by atoms with E-state index in [0.717, 1.165) is 25.1 Å². The number of anilines is 2. The minimum atomic E-state index is -0.490. The average Bonchev–Trinajstić information content (AvgIpc) is 3.32. The highest BCUT2D eigenvalue weighted by Gasteiger charge is 2.52. The zero-order valence-corrected chi connectivity index (χ0v) is 18.6. The highest BCUT2D eigenvalue weighted by atomic mass is 19.1. The van der Waals surface area contributed by atoms with Gasteiger partial charge < -0.3 is 19.3 Å². The van der Waals surface area contributed by atoms with Crippen molar-refractivity contribution in [3.8, 4) is 11.1 Å². The maximum Gasteiger partial charge on any atom is 0.257 e. The molecular formula is C26H23FN4O3. The van der Waals surface area contributed by atoms with Crippen LogP contribution in [0.3, 0.4) is 0 Å². The van der Waals surface area contributed by atoms with Crippen LogP contribution < -0.4 is 4.90 Å². The fourth-order valence-corrected chi connectivity index (χ4v) is 4.75. The molecule has 2 aromatic carbocycles. The van der Waals surface area contributed by atoms with E-state index in [9.17, 15) is 9.18 Å². The lowest BCUT2D eigenvalue weighted by Gasteiger charge is -2.22. The second-order valence-corrected chi connectivity index (χ2v) is 9.01. The van der Waals surface area contributed by atoms with Crippen molar-refractivity contribution in [2.75, 3.05) is 25.0 Å². The first-order valence-electron chi connectivity index (χ1n) is 11.2. The van der Waals surface area contributed by atoms with Gasteiger partial charge in [0.15, 0.2) is 0 Å². The smallest absolute Gasteiger partial charge is 0.257 e. The Labute approximate surface area is 196 Å². The Morgan fingerprint density at radius 2 is 1.88 bits per heavy atom. The molecule has 0 atom stereocenters. The van der Waals surface area contributed by atoms with Gasteiger partial charge >= 0.3 is 0 Å². The Morgan fingerprint density at radius 1 is 1.15 bits per heavy atom. The summed E-state index contributed by atoms with van der Waals surface area (Å²) in [4.78, 5) is 25.9. The molecule has 3 aliphatic rings. The van der Waals surface area contributed by atoms with Gasteiger partial charge in [-0.1, -0.05) is 24.3 Å². The number of rotatable bonds is 5. The van der Waals surface area contributed by atoms with Crippen molar-refractivity contribution >= 4 is 17.5 Å². The summed E-state index contributed by atoms with van der Waals surface area (Å²) in [6.07, 6.45) is 7.95. The lowest BCUT2D eigenvalue weighted by atomic mass is 9.97. The van der Waals surface area contributed by atoms with Crippen LogP contribution in [0.15, 0.2) is 67.4 Å². The number of fused-ring (bicyclic) bond motifs is 2. The molecule has 34 heavy (non-hydrogen) atoms. The topological polar surface area (TPSA) is 67.8 Å². The molecule has 1 aromatic heterocycles. The number of ether oxygens (including phenoxy) is 2. The van der Waals surface area contributed by atoms with Gasteiger partial charge in [-0.25, -0.2) is 14.4 Å². The van der Waals surface area contributed by atoms with Crippen LogP contribution in [0.25, 0.3) is 11.1 Å². The minimum absolute atomic E-state index is 0.0909. The van der Waals surface area contributed by atoms with Crippen molar-refractivity contribution < 1.29 is 18.7 Å². The van der Waals surface area contributed by atoms with Crippen LogP contribution in [0.5, 0.6) is 0 Å². The number of hydrogen-bond donors (Lipinski definition) is 0. The highest BCUT2D eigenvalue weighted by molar-refractivity contribution is 5.96. The van der Waals surface area contributed by atoms with Gasteiger partial charge in [0, 0.05) is 53.8 Å². The predicted molar refractivity (Wildman–Crippen MR) is 124 cm³/mol. The fourth-order valence-electron chi connectivity index (χ4n) is 4.75. The van der Waals surface area contributed by atoms with E-state index in [1.54, 1.807) is 42.5 Å². The molecule has 8 heteroatoms. The van der Waals surface area contributed by atoms with Gasteiger partial charge in [0.25, 0.3) is 12.2 Å². The lowest BCUT2D eigenvalue weighted by molar-refractivity contribution is -0.0374. The van der Waals surface area contributed by atoms with E-state index >= 15 is 0 Å². The molecule has 1 spiro atoms. The van der Waals surface area contributed by atoms with Gasteiger partial charge in [-0.3, -0.25) is 4.79 Å². The van der Waals surface area contributed by atoms with Crippen molar-refractivity contribution in [2.24, 2.45) is 0 Å².